The zero-order valence-corrected chi connectivity index (χ0v) is 7.04. The van der Waals surface area contributed by atoms with Crippen molar-refractivity contribution in [3.63, 3.8) is 0 Å². The minimum absolute atomic E-state index is 0.155. The molecule has 0 saturated heterocycles. The Morgan fingerprint density at radius 3 is 2.82 bits per heavy atom. The first-order chi connectivity index (χ1) is 5.16. The van der Waals surface area contributed by atoms with E-state index in [9.17, 15) is 0 Å². The fraction of sp³-hybridized carbons (Fsp3) is 0.500. The summed E-state index contributed by atoms with van der Waals surface area (Å²) >= 11 is 0. The van der Waals surface area contributed by atoms with Crippen LogP contribution in [0.15, 0.2) is 24.1 Å². The van der Waals surface area contributed by atoms with Gasteiger partial charge in [0.2, 0.25) is 0 Å². The number of allylic oxidation sites excluding steroid dienone is 2. The minimum atomic E-state index is -0.155. The van der Waals surface area contributed by atoms with Crippen LogP contribution >= 0.6 is 0 Å². The third-order valence-electron chi connectivity index (χ3n) is 1.23. The molecule has 0 aromatic heterocycles. The van der Waals surface area contributed by atoms with Crippen LogP contribution in [0.2, 0.25) is 0 Å². The Bertz CT molecular complexity index is 148. The van der Waals surface area contributed by atoms with E-state index in [2.05, 4.69) is 12.2 Å². The van der Waals surface area contributed by atoms with E-state index in [1.165, 1.54) is 6.08 Å². The van der Waals surface area contributed by atoms with E-state index in [0.717, 1.165) is 6.54 Å². The predicted octanol–water partition coefficient (Wildman–Crippen LogP) is 0.756. The second-order valence-corrected chi connectivity index (χ2v) is 2.51. The summed E-state index contributed by atoms with van der Waals surface area (Å²) in [4.78, 5) is 0. The second-order valence-electron chi connectivity index (χ2n) is 2.51. The Morgan fingerprint density at radius 1 is 1.73 bits per heavy atom. The van der Waals surface area contributed by atoms with Gasteiger partial charge in [0.25, 0.3) is 0 Å². The number of aliphatic hydroxyl groups is 1. The second kappa shape index (κ2) is 5.80. The van der Waals surface area contributed by atoms with Gasteiger partial charge in [-0.2, -0.15) is 0 Å². The van der Waals surface area contributed by atoms with Crippen molar-refractivity contribution >= 4 is 0 Å². The highest BCUT2D eigenvalue weighted by molar-refractivity contribution is 5.05. The van der Waals surface area contributed by atoms with E-state index in [1.807, 2.05) is 13.1 Å². The lowest BCUT2D eigenvalue weighted by Gasteiger charge is -2.02. The summed E-state index contributed by atoms with van der Waals surface area (Å²) in [6.07, 6.45) is 5.18. The monoisotopic (exact) mass is 156 g/mol. The highest BCUT2D eigenvalue weighted by Gasteiger charge is 1.90. The number of nitrogens with one attached hydrogen (secondary N) is 1. The van der Waals surface area contributed by atoms with E-state index in [1.54, 1.807) is 6.08 Å². The molecule has 0 aliphatic rings. The van der Waals surface area contributed by atoms with Crippen molar-refractivity contribution in [2.24, 2.45) is 11.7 Å². The summed E-state index contributed by atoms with van der Waals surface area (Å²) in [6.45, 7) is 3.00. The average Bonchev–Trinajstić information content (AvgIpc) is 1.87. The molecule has 0 aliphatic carbocycles. The van der Waals surface area contributed by atoms with Gasteiger partial charge in [-0.15, -0.1) is 0 Å². The fourth-order valence-electron chi connectivity index (χ4n) is 0.734. The standard InChI is InChI=1S/C8H16N2O/c1-7(6-10-2)4-3-5-8(9)11/h3-5,7,10-11H,6,9H2,1-2H3/b4-3-,8-5+. The minimum Gasteiger partial charge on any atom is -0.495 e. The Hall–Kier alpha value is -0.960. The van der Waals surface area contributed by atoms with Gasteiger partial charge in [-0.25, -0.2) is 0 Å². The lowest BCUT2D eigenvalue weighted by molar-refractivity contribution is 0.406. The first-order valence-electron chi connectivity index (χ1n) is 3.64. The summed E-state index contributed by atoms with van der Waals surface area (Å²) in [6, 6.07) is 0. The van der Waals surface area contributed by atoms with Crippen molar-refractivity contribution in [2.45, 2.75) is 6.92 Å². The fourth-order valence-corrected chi connectivity index (χ4v) is 0.734. The maximum atomic E-state index is 8.57. The molecule has 1 unspecified atom stereocenters. The number of hydrogen-bond acceptors (Lipinski definition) is 3. The molecule has 4 N–H and O–H groups in total. The van der Waals surface area contributed by atoms with Crippen LogP contribution in [0.25, 0.3) is 0 Å². The molecule has 0 fully saturated rings. The zero-order valence-electron chi connectivity index (χ0n) is 7.04. The van der Waals surface area contributed by atoms with Gasteiger partial charge in [0.05, 0.1) is 0 Å². The van der Waals surface area contributed by atoms with Crippen LogP contribution in [-0.4, -0.2) is 18.7 Å². The summed E-state index contributed by atoms with van der Waals surface area (Å²) in [7, 11) is 1.90. The average molecular weight is 156 g/mol. The third kappa shape index (κ3) is 6.93. The van der Waals surface area contributed by atoms with Crippen molar-refractivity contribution in [1.82, 2.24) is 5.32 Å². The number of aliphatic hydroxyl groups excluding tert-OH is 1. The molecule has 0 radical (unpaired) electrons. The molecule has 0 aromatic carbocycles. The van der Waals surface area contributed by atoms with Crippen molar-refractivity contribution < 1.29 is 5.11 Å². The van der Waals surface area contributed by atoms with Crippen LogP contribution in [0.1, 0.15) is 6.92 Å². The maximum absolute atomic E-state index is 8.57. The third-order valence-corrected chi connectivity index (χ3v) is 1.23. The van der Waals surface area contributed by atoms with Crippen LogP contribution in [0.5, 0.6) is 0 Å². The van der Waals surface area contributed by atoms with E-state index < -0.39 is 0 Å². The Labute approximate surface area is 67.6 Å². The van der Waals surface area contributed by atoms with Gasteiger partial charge in [-0.05, 0) is 19.0 Å². The van der Waals surface area contributed by atoms with Crippen molar-refractivity contribution in [1.29, 1.82) is 0 Å². The first-order valence-corrected chi connectivity index (χ1v) is 3.64. The largest absolute Gasteiger partial charge is 0.495 e. The highest BCUT2D eigenvalue weighted by atomic mass is 16.3. The molecular weight excluding hydrogens is 140 g/mol. The van der Waals surface area contributed by atoms with E-state index in [-0.39, 0.29) is 5.88 Å². The van der Waals surface area contributed by atoms with Crippen LogP contribution in [0.3, 0.4) is 0 Å². The molecule has 0 amide bonds. The molecule has 64 valence electrons. The predicted molar refractivity (Wildman–Crippen MR) is 47.1 cm³/mol. The van der Waals surface area contributed by atoms with Gasteiger partial charge >= 0.3 is 0 Å². The topological polar surface area (TPSA) is 58.3 Å². The van der Waals surface area contributed by atoms with E-state index >= 15 is 0 Å². The highest BCUT2D eigenvalue weighted by Crippen LogP contribution is 1.94. The van der Waals surface area contributed by atoms with Gasteiger partial charge in [-0.1, -0.05) is 19.1 Å². The molecule has 3 nitrogen and oxygen atoms in total. The van der Waals surface area contributed by atoms with E-state index in [4.69, 9.17) is 10.8 Å². The number of nitrogens with two attached hydrogens (primary N) is 1. The molecule has 3 heteroatoms. The smallest absolute Gasteiger partial charge is 0.181 e. The summed E-state index contributed by atoms with van der Waals surface area (Å²) < 4.78 is 0. The molecule has 0 bridgehead atoms. The summed E-state index contributed by atoms with van der Waals surface area (Å²) in [5.41, 5.74) is 5.00. The van der Waals surface area contributed by atoms with Gasteiger partial charge < -0.3 is 16.2 Å². The molecule has 0 aliphatic heterocycles. The van der Waals surface area contributed by atoms with Crippen LogP contribution < -0.4 is 11.1 Å². The SMILES string of the molecule is CNCC(C)/C=C\C=C(/N)O. The molecular formula is C8H16N2O. The van der Waals surface area contributed by atoms with Gasteiger partial charge in [0.15, 0.2) is 5.88 Å². The quantitative estimate of drug-likeness (QED) is 0.416. The first kappa shape index (κ1) is 10.0. The van der Waals surface area contributed by atoms with Crippen LogP contribution in [-0.2, 0) is 0 Å². The lowest BCUT2D eigenvalue weighted by atomic mass is 10.1. The van der Waals surface area contributed by atoms with Crippen molar-refractivity contribution in [2.75, 3.05) is 13.6 Å². The Kier molecular flexibility index (Phi) is 5.29. The molecule has 11 heavy (non-hydrogen) atoms. The molecule has 0 rings (SSSR count). The normalized spacial score (nSPS) is 15.6. The summed E-state index contributed by atoms with van der Waals surface area (Å²) in [5, 5.41) is 11.6. The Balaban J connectivity index is 3.64. The zero-order chi connectivity index (χ0) is 8.69. The van der Waals surface area contributed by atoms with E-state index in [0.29, 0.717) is 5.92 Å². The molecule has 1 atom stereocenters. The van der Waals surface area contributed by atoms with Crippen LogP contribution in [0.4, 0.5) is 0 Å². The Morgan fingerprint density at radius 2 is 2.36 bits per heavy atom. The molecule has 0 spiro atoms. The van der Waals surface area contributed by atoms with Gasteiger partial charge in [-0.3, -0.25) is 0 Å². The lowest BCUT2D eigenvalue weighted by Crippen LogP contribution is -2.14. The van der Waals surface area contributed by atoms with Gasteiger partial charge in [0, 0.05) is 6.54 Å². The number of rotatable bonds is 4. The van der Waals surface area contributed by atoms with Crippen LogP contribution in [0, 0.1) is 5.92 Å². The van der Waals surface area contributed by atoms with Crippen molar-refractivity contribution in [3.8, 4) is 0 Å². The van der Waals surface area contributed by atoms with Crippen molar-refractivity contribution in [3.05, 3.63) is 24.1 Å². The maximum Gasteiger partial charge on any atom is 0.181 e. The number of hydrogen-bond donors (Lipinski definition) is 3. The molecule has 0 aromatic rings. The summed E-state index contributed by atoms with van der Waals surface area (Å²) in [5.74, 6) is 0.300. The molecule has 0 heterocycles. The van der Waals surface area contributed by atoms with Gasteiger partial charge in [0.1, 0.15) is 0 Å². The molecule has 0 saturated carbocycles.